The van der Waals surface area contributed by atoms with Crippen LogP contribution in [0.25, 0.3) is 0 Å². The molecule has 0 amide bonds. The Kier molecular flexibility index (Phi) is 6.25. The molecule has 2 rings (SSSR count). The number of hydrogen-bond donors (Lipinski definition) is 2. The molecule has 0 saturated carbocycles. The molecule has 1 atom stereocenters. The minimum atomic E-state index is -0.454. The molecule has 0 fully saturated rings. The van der Waals surface area contributed by atoms with E-state index in [1.807, 2.05) is 30.3 Å². The second-order valence-corrected chi connectivity index (χ2v) is 5.07. The number of rotatable bonds is 8. The van der Waals surface area contributed by atoms with E-state index in [1.165, 1.54) is 5.56 Å². The summed E-state index contributed by atoms with van der Waals surface area (Å²) in [6, 6.07) is 18.0. The highest BCUT2D eigenvalue weighted by Gasteiger charge is 2.07. The summed E-state index contributed by atoms with van der Waals surface area (Å²) in [5, 5.41) is 13.5. The van der Waals surface area contributed by atoms with Crippen LogP contribution in [0.5, 0.6) is 5.75 Å². The van der Waals surface area contributed by atoms with Gasteiger partial charge in [0, 0.05) is 0 Å². The number of benzene rings is 2. The lowest BCUT2D eigenvalue weighted by Crippen LogP contribution is -2.20. The van der Waals surface area contributed by atoms with Crippen molar-refractivity contribution in [2.45, 2.75) is 18.9 Å². The third-order valence-electron chi connectivity index (χ3n) is 3.51. The molecule has 1 unspecified atom stereocenters. The Balaban J connectivity index is 1.68. The number of aliphatic hydroxyl groups excluding tert-OH is 1. The van der Waals surface area contributed by atoms with Gasteiger partial charge in [0.25, 0.3) is 0 Å². The van der Waals surface area contributed by atoms with Gasteiger partial charge in [-0.2, -0.15) is 0 Å². The highest BCUT2D eigenvalue weighted by Crippen LogP contribution is 2.20. The molecule has 2 aromatic rings. The Bertz CT molecular complexity index is 528. The predicted octanol–water partition coefficient (Wildman–Crippen LogP) is 2.95. The van der Waals surface area contributed by atoms with Crippen molar-refractivity contribution in [3.8, 4) is 5.75 Å². The molecule has 0 radical (unpaired) electrons. The first-order chi connectivity index (χ1) is 10.3. The second-order valence-electron chi connectivity index (χ2n) is 5.07. The Hall–Kier alpha value is -1.84. The Morgan fingerprint density at radius 2 is 1.86 bits per heavy atom. The number of ether oxygens (including phenoxy) is 1. The maximum absolute atomic E-state index is 10.2. The summed E-state index contributed by atoms with van der Waals surface area (Å²) >= 11 is 0. The average Bonchev–Trinajstić information content (AvgIpc) is 2.55. The number of nitrogens with one attached hydrogen (secondary N) is 1. The zero-order valence-electron chi connectivity index (χ0n) is 12.5. The second kappa shape index (κ2) is 8.45. The van der Waals surface area contributed by atoms with Crippen molar-refractivity contribution < 1.29 is 9.84 Å². The van der Waals surface area contributed by atoms with Crippen LogP contribution in [0.15, 0.2) is 54.6 Å². The van der Waals surface area contributed by atoms with E-state index in [-0.39, 0.29) is 0 Å². The lowest BCUT2D eigenvalue weighted by Gasteiger charge is -2.12. The summed E-state index contributed by atoms with van der Waals surface area (Å²) in [5.74, 6) is 0.781. The molecule has 2 N–H and O–H groups in total. The fourth-order valence-electron chi connectivity index (χ4n) is 2.26. The van der Waals surface area contributed by atoms with Gasteiger partial charge in [0.2, 0.25) is 0 Å². The van der Waals surface area contributed by atoms with Gasteiger partial charge < -0.3 is 15.2 Å². The maximum Gasteiger partial charge on any atom is 0.119 e. The summed E-state index contributed by atoms with van der Waals surface area (Å²) < 4.78 is 5.17. The SMILES string of the molecule is COc1cccc(C(O)CCNCCc2ccccc2)c1. The predicted molar refractivity (Wildman–Crippen MR) is 85.6 cm³/mol. The van der Waals surface area contributed by atoms with Crippen LogP contribution in [0.4, 0.5) is 0 Å². The third-order valence-corrected chi connectivity index (χ3v) is 3.51. The van der Waals surface area contributed by atoms with E-state index >= 15 is 0 Å². The summed E-state index contributed by atoms with van der Waals surface area (Å²) in [5.41, 5.74) is 2.23. The molecule has 0 aromatic heterocycles. The molecule has 3 heteroatoms. The van der Waals surface area contributed by atoms with Crippen LogP contribution >= 0.6 is 0 Å². The van der Waals surface area contributed by atoms with E-state index in [0.717, 1.165) is 30.8 Å². The van der Waals surface area contributed by atoms with Crippen LogP contribution in [0, 0.1) is 0 Å². The van der Waals surface area contributed by atoms with E-state index in [1.54, 1.807) is 7.11 Å². The quantitative estimate of drug-likeness (QED) is 0.733. The van der Waals surface area contributed by atoms with Gasteiger partial charge in [-0.15, -0.1) is 0 Å². The van der Waals surface area contributed by atoms with Gasteiger partial charge >= 0.3 is 0 Å². The fourth-order valence-corrected chi connectivity index (χ4v) is 2.26. The molecule has 112 valence electrons. The first kappa shape index (κ1) is 15.5. The molecule has 0 saturated heterocycles. The zero-order chi connectivity index (χ0) is 14.9. The van der Waals surface area contributed by atoms with Gasteiger partial charge in [-0.25, -0.2) is 0 Å². The summed E-state index contributed by atoms with van der Waals surface area (Å²) in [6.45, 7) is 1.72. The van der Waals surface area contributed by atoms with Gasteiger partial charge in [-0.05, 0) is 49.2 Å². The maximum atomic E-state index is 10.2. The first-order valence-electron chi connectivity index (χ1n) is 7.36. The number of hydrogen-bond acceptors (Lipinski definition) is 3. The molecule has 21 heavy (non-hydrogen) atoms. The van der Waals surface area contributed by atoms with Crippen LogP contribution in [-0.4, -0.2) is 25.3 Å². The lowest BCUT2D eigenvalue weighted by molar-refractivity contribution is 0.166. The molecule has 0 bridgehead atoms. The highest BCUT2D eigenvalue weighted by atomic mass is 16.5. The van der Waals surface area contributed by atoms with Gasteiger partial charge in [0.1, 0.15) is 5.75 Å². The van der Waals surface area contributed by atoms with Crippen LogP contribution in [0.1, 0.15) is 23.7 Å². The van der Waals surface area contributed by atoms with Crippen LogP contribution in [-0.2, 0) is 6.42 Å². The normalized spacial score (nSPS) is 12.1. The summed E-state index contributed by atoms with van der Waals surface area (Å²) in [4.78, 5) is 0. The van der Waals surface area contributed by atoms with Crippen molar-refractivity contribution in [2.24, 2.45) is 0 Å². The van der Waals surface area contributed by atoms with Crippen LogP contribution in [0.3, 0.4) is 0 Å². The van der Waals surface area contributed by atoms with E-state index in [9.17, 15) is 5.11 Å². The van der Waals surface area contributed by atoms with Crippen molar-refractivity contribution in [3.63, 3.8) is 0 Å². The highest BCUT2D eigenvalue weighted by molar-refractivity contribution is 5.29. The smallest absolute Gasteiger partial charge is 0.119 e. The fraction of sp³-hybridized carbons (Fsp3) is 0.333. The van der Waals surface area contributed by atoms with Crippen molar-refractivity contribution in [1.82, 2.24) is 5.32 Å². The van der Waals surface area contributed by atoms with E-state index in [0.29, 0.717) is 6.42 Å². The van der Waals surface area contributed by atoms with Gasteiger partial charge in [0.15, 0.2) is 0 Å². The lowest BCUT2D eigenvalue weighted by atomic mass is 10.1. The van der Waals surface area contributed by atoms with Gasteiger partial charge in [-0.3, -0.25) is 0 Å². The first-order valence-corrected chi connectivity index (χ1v) is 7.36. The molecule has 3 nitrogen and oxygen atoms in total. The Labute approximate surface area is 126 Å². The van der Waals surface area contributed by atoms with Crippen molar-refractivity contribution in [3.05, 3.63) is 65.7 Å². The van der Waals surface area contributed by atoms with E-state index in [2.05, 4.69) is 29.6 Å². The Morgan fingerprint density at radius 1 is 1.05 bits per heavy atom. The summed E-state index contributed by atoms with van der Waals surface area (Å²) in [6.07, 6.45) is 1.25. The van der Waals surface area contributed by atoms with E-state index in [4.69, 9.17) is 4.74 Å². The molecule has 0 spiro atoms. The zero-order valence-corrected chi connectivity index (χ0v) is 12.5. The van der Waals surface area contributed by atoms with E-state index < -0.39 is 6.10 Å². The van der Waals surface area contributed by atoms with Crippen LogP contribution < -0.4 is 10.1 Å². The molecule has 0 aliphatic heterocycles. The van der Waals surface area contributed by atoms with Crippen LogP contribution in [0.2, 0.25) is 0 Å². The van der Waals surface area contributed by atoms with Gasteiger partial charge in [0.05, 0.1) is 13.2 Å². The Morgan fingerprint density at radius 3 is 2.62 bits per heavy atom. The largest absolute Gasteiger partial charge is 0.497 e. The standard InChI is InChI=1S/C18H23NO2/c1-21-17-9-5-8-16(14-17)18(20)11-13-19-12-10-15-6-3-2-4-7-15/h2-9,14,18-20H,10-13H2,1H3. The molecular weight excluding hydrogens is 262 g/mol. The molecular formula is C18H23NO2. The number of aliphatic hydroxyl groups is 1. The minimum absolute atomic E-state index is 0.454. The monoisotopic (exact) mass is 285 g/mol. The molecule has 0 aliphatic rings. The summed E-state index contributed by atoms with van der Waals surface area (Å²) in [7, 11) is 1.64. The number of methoxy groups -OCH3 is 1. The molecule has 0 heterocycles. The van der Waals surface area contributed by atoms with Gasteiger partial charge in [-0.1, -0.05) is 42.5 Å². The topological polar surface area (TPSA) is 41.5 Å². The van der Waals surface area contributed by atoms with Crippen molar-refractivity contribution >= 4 is 0 Å². The minimum Gasteiger partial charge on any atom is -0.497 e. The molecule has 2 aromatic carbocycles. The van der Waals surface area contributed by atoms with Crippen molar-refractivity contribution in [1.29, 1.82) is 0 Å². The van der Waals surface area contributed by atoms with Crippen molar-refractivity contribution in [2.75, 3.05) is 20.2 Å². The average molecular weight is 285 g/mol. The third kappa shape index (κ3) is 5.21. The molecule has 0 aliphatic carbocycles.